The molecule has 6 nitrogen and oxygen atoms in total. The number of phenolic OH excluding ortho intramolecular Hbond substituents is 1. The fourth-order valence-electron chi connectivity index (χ4n) is 4.80. The van der Waals surface area contributed by atoms with E-state index in [2.05, 4.69) is 39.7 Å². The normalized spacial score (nSPS) is 17.6. The average molecular weight is 471 g/mol. The van der Waals surface area contributed by atoms with Gasteiger partial charge < -0.3 is 24.6 Å². The molecule has 0 radical (unpaired) electrons. The van der Waals surface area contributed by atoms with Crippen molar-refractivity contribution in [1.82, 2.24) is 14.9 Å². The van der Waals surface area contributed by atoms with Gasteiger partial charge in [0.2, 0.25) is 0 Å². The van der Waals surface area contributed by atoms with Gasteiger partial charge in [-0.25, -0.2) is 0 Å². The molecule has 0 amide bonds. The lowest BCUT2D eigenvalue weighted by Crippen LogP contribution is -2.29. The van der Waals surface area contributed by atoms with Gasteiger partial charge in [0.15, 0.2) is 5.11 Å². The van der Waals surface area contributed by atoms with E-state index in [1.807, 2.05) is 60.7 Å². The predicted octanol–water partition coefficient (Wildman–Crippen LogP) is 5.38. The standard InChI is InChI=1S/C27H26N4O2S/c1-17-16-21(18(2)30(17)23-9-4-5-10-24(23)32)26-25(22-8-6-7-15-28-22)29-27(34)31(26)19-11-13-20(33-3)14-12-19/h4-16,25-26,32H,1-3H3,(H,29,34)/t25-,26+/m0/s1. The first-order chi connectivity index (χ1) is 16.5. The van der Waals surface area contributed by atoms with E-state index in [1.165, 1.54) is 0 Å². The van der Waals surface area contributed by atoms with Gasteiger partial charge in [-0.3, -0.25) is 4.98 Å². The van der Waals surface area contributed by atoms with Crippen molar-refractivity contribution >= 4 is 23.0 Å². The Labute approximate surface area is 204 Å². The van der Waals surface area contributed by atoms with Crippen molar-refractivity contribution in [3.63, 3.8) is 0 Å². The molecule has 0 spiro atoms. The third-order valence-electron chi connectivity index (χ3n) is 6.36. The number of nitrogens with zero attached hydrogens (tertiary/aromatic N) is 3. The number of aryl methyl sites for hydroxylation is 1. The second kappa shape index (κ2) is 8.83. The Hall–Kier alpha value is -3.84. The molecule has 172 valence electrons. The van der Waals surface area contributed by atoms with Gasteiger partial charge in [-0.15, -0.1) is 0 Å². The maximum Gasteiger partial charge on any atom is 0.174 e. The molecule has 34 heavy (non-hydrogen) atoms. The number of hydrogen-bond acceptors (Lipinski definition) is 4. The van der Waals surface area contributed by atoms with Crippen LogP contribution in [-0.2, 0) is 0 Å². The third kappa shape index (κ3) is 3.68. The molecule has 0 saturated carbocycles. The molecule has 1 aliphatic heterocycles. The number of aromatic hydroxyl groups is 1. The second-order valence-corrected chi connectivity index (χ2v) is 8.73. The zero-order valence-corrected chi connectivity index (χ0v) is 20.1. The fourth-order valence-corrected chi connectivity index (χ4v) is 5.15. The molecule has 0 unspecified atom stereocenters. The number of methoxy groups -OCH3 is 1. The molecule has 2 atom stereocenters. The van der Waals surface area contributed by atoms with Gasteiger partial charge in [0.05, 0.1) is 30.6 Å². The van der Waals surface area contributed by atoms with Gasteiger partial charge >= 0.3 is 0 Å². The zero-order valence-electron chi connectivity index (χ0n) is 19.3. The predicted molar refractivity (Wildman–Crippen MR) is 138 cm³/mol. The maximum absolute atomic E-state index is 10.6. The molecule has 1 fully saturated rings. The molecule has 0 aliphatic carbocycles. The number of ether oxygens (including phenoxy) is 1. The Kier molecular flexibility index (Phi) is 5.71. The summed E-state index contributed by atoms with van der Waals surface area (Å²) in [5, 5.41) is 14.7. The van der Waals surface area contributed by atoms with E-state index in [4.69, 9.17) is 17.0 Å². The topological polar surface area (TPSA) is 62.5 Å². The van der Waals surface area contributed by atoms with Gasteiger partial charge in [0.25, 0.3) is 0 Å². The van der Waals surface area contributed by atoms with Crippen LogP contribution in [0.3, 0.4) is 0 Å². The summed E-state index contributed by atoms with van der Waals surface area (Å²) in [5.41, 5.74) is 5.81. The summed E-state index contributed by atoms with van der Waals surface area (Å²) in [5.74, 6) is 1.03. The molecule has 1 saturated heterocycles. The van der Waals surface area contributed by atoms with Crippen LogP contribution in [0.4, 0.5) is 5.69 Å². The Bertz CT molecular complexity index is 1330. The van der Waals surface area contributed by atoms with Crippen LogP contribution < -0.4 is 15.0 Å². The highest BCUT2D eigenvalue weighted by Gasteiger charge is 2.42. The van der Waals surface area contributed by atoms with Crippen LogP contribution in [-0.4, -0.2) is 26.9 Å². The summed E-state index contributed by atoms with van der Waals surface area (Å²) >= 11 is 5.84. The highest BCUT2D eigenvalue weighted by atomic mass is 32.1. The summed E-state index contributed by atoms with van der Waals surface area (Å²) in [6.45, 7) is 4.13. The highest BCUT2D eigenvalue weighted by molar-refractivity contribution is 7.80. The van der Waals surface area contributed by atoms with E-state index in [0.29, 0.717) is 5.11 Å². The van der Waals surface area contributed by atoms with Gasteiger partial charge in [-0.05, 0) is 86.2 Å². The number of phenols is 1. The van der Waals surface area contributed by atoms with Crippen LogP contribution in [0.2, 0.25) is 0 Å². The second-order valence-electron chi connectivity index (χ2n) is 8.35. The molecule has 2 N–H and O–H groups in total. The molecule has 5 rings (SSSR count). The number of anilines is 1. The highest BCUT2D eigenvalue weighted by Crippen LogP contribution is 2.44. The number of thiocarbonyl (C=S) groups is 1. The smallest absolute Gasteiger partial charge is 0.174 e. The maximum atomic E-state index is 10.6. The van der Waals surface area contributed by atoms with Crippen molar-refractivity contribution in [3.8, 4) is 17.2 Å². The number of hydrogen-bond donors (Lipinski definition) is 2. The molecule has 3 heterocycles. The van der Waals surface area contributed by atoms with E-state index in [1.54, 1.807) is 19.4 Å². The molecule has 2 aromatic heterocycles. The monoisotopic (exact) mass is 470 g/mol. The zero-order chi connectivity index (χ0) is 23.8. The first-order valence-corrected chi connectivity index (χ1v) is 11.5. The van der Waals surface area contributed by atoms with Crippen molar-refractivity contribution in [3.05, 3.63) is 102 Å². The molecular formula is C27H26N4O2S. The lowest BCUT2D eigenvalue weighted by molar-refractivity contribution is 0.415. The van der Waals surface area contributed by atoms with Gasteiger partial charge in [0.1, 0.15) is 11.5 Å². The summed E-state index contributed by atoms with van der Waals surface area (Å²) in [4.78, 5) is 6.79. The number of aromatic nitrogens is 2. The Morgan fingerprint density at radius 2 is 1.74 bits per heavy atom. The third-order valence-corrected chi connectivity index (χ3v) is 6.67. The molecule has 1 aliphatic rings. The first kappa shape index (κ1) is 22.0. The lowest BCUT2D eigenvalue weighted by Gasteiger charge is -2.28. The Balaban J connectivity index is 1.68. The Morgan fingerprint density at radius 3 is 2.41 bits per heavy atom. The molecule has 0 bridgehead atoms. The SMILES string of the molecule is COc1ccc(N2C(=S)N[C@@H](c3ccccn3)[C@H]2c2cc(C)n(-c3ccccc3O)c2C)cc1. The van der Waals surface area contributed by atoms with Crippen LogP contribution in [0.1, 0.15) is 34.7 Å². The minimum atomic E-state index is -0.144. The van der Waals surface area contributed by atoms with Crippen LogP contribution >= 0.6 is 12.2 Å². The van der Waals surface area contributed by atoms with Crippen LogP contribution in [0, 0.1) is 13.8 Å². The van der Waals surface area contributed by atoms with Crippen molar-refractivity contribution in [2.24, 2.45) is 0 Å². The molecule has 4 aromatic rings. The summed E-state index contributed by atoms with van der Waals surface area (Å²) in [6, 6.07) is 23.1. The van der Waals surface area contributed by atoms with E-state index in [9.17, 15) is 5.11 Å². The quantitative estimate of drug-likeness (QED) is 0.382. The Morgan fingerprint density at radius 1 is 1.00 bits per heavy atom. The van der Waals surface area contributed by atoms with Gasteiger partial charge in [0, 0.05) is 23.3 Å². The van der Waals surface area contributed by atoms with Gasteiger partial charge in [-0.2, -0.15) is 0 Å². The average Bonchev–Trinajstić information content (AvgIpc) is 3.35. The number of para-hydroxylation sites is 2. The molecule has 7 heteroatoms. The number of nitrogens with one attached hydrogen (secondary N) is 1. The number of benzene rings is 2. The minimum absolute atomic E-state index is 0.137. The lowest BCUT2D eigenvalue weighted by atomic mass is 9.96. The van der Waals surface area contributed by atoms with Crippen molar-refractivity contribution < 1.29 is 9.84 Å². The van der Waals surface area contributed by atoms with Crippen molar-refractivity contribution in [2.75, 3.05) is 12.0 Å². The summed E-state index contributed by atoms with van der Waals surface area (Å²) in [6.07, 6.45) is 1.80. The fraction of sp³-hybridized carbons (Fsp3) is 0.185. The first-order valence-electron chi connectivity index (χ1n) is 11.1. The van der Waals surface area contributed by atoms with E-state index >= 15 is 0 Å². The van der Waals surface area contributed by atoms with E-state index < -0.39 is 0 Å². The molecular weight excluding hydrogens is 444 g/mol. The summed E-state index contributed by atoms with van der Waals surface area (Å²) < 4.78 is 7.45. The summed E-state index contributed by atoms with van der Waals surface area (Å²) in [7, 11) is 1.66. The number of pyridine rings is 1. The van der Waals surface area contributed by atoms with E-state index in [-0.39, 0.29) is 17.8 Å². The van der Waals surface area contributed by atoms with Crippen molar-refractivity contribution in [2.45, 2.75) is 25.9 Å². The van der Waals surface area contributed by atoms with E-state index in [0.717, 1.165) is 39.8 Å². The van der Waals surface area contributed by atoms with Crippen LogP contribution in [0.15, 0.2) is 79.0 Å². The van der Waals surface area contributed by atoms with Gasteiger partial charge in [-0.1, -0.05) is 18.2 Å². The van der Waals surface area contributed by atoms with Crippen molar-refractivity contribution in [1.29, 1.82) is 0 Å². The molecule has 2 aromatic carbocycles. The van der Waals surface area contributed by atoms with Crippen LogP contribution in [0.25, 0.3) is 5.69 Å². The van der Waals surface area contributed by atoms with Crippen LogP contribution in [0.5, 0.6) is 11.5 Å². The number of rotatable bonds is 5. The minimum Gasteiger partial charge on any atom is -0.506 e. The largest absolute Gasteiger partial charge is 0.506 e.